The molecule has 0 saturated heterocycles. The minimum atomic E-state index is 0.973. The highest BCUT2D eigenvalue weighted by Gasteiger charge is 2.20. The maximum absolute atomic E-state index is 4.59. The van der Waals surface area contributed by atoms with Crippen LogP contribution in [0, 0.1) is 0 Å². The van der Waals surface area contributed by atoms with Crippen molar-refractivity contribution in [3.05, 3.63) is 83.7 Å². The van der Waals surface area contributed by atoms with Gasteiger partial charge in [-0.05, 0) is 41.3 Å². The molecule has 1 aliphatic heterocycles. The van der Waals surface area contributed by atoms with Gasteiger partial charge >= 0.3 is 0 Å². The Morgan fingerprint density at radius 2 is 1.74 bits per heavy atom. The second kappa shape index (κ2) is 6.31. The van der Waals surface area contributed by atoms with Gasteiger partial charge in [-0.15, -0.1) is 0 Å². The van der Waals surface area contributed by atoms with E-state index in [0.717, 1.165) is 37.4 Å². The average molecular weight is 301 g/mol. The quantitative estimate of drug-likeness (QED) is 0.738. The maximum atomic E-state index is 4.59. The molecule has 0 bridgehead atoms. The van der Waals surface area contributed by atoms with E-state index in [-0.39, 0.29) is 0 Å². The summed E-state index contributed by atoms with van der Waals surface area (Å²) in [6.07, 6.45) is 4.78. The van der Waals surface area contributed by atoms with Gasteiger partial charge in [-0.2, -0.15) is 0 Å². The smallest absolute Gasteiger partial charge is 0.0921 e. The fraction of sp³-hybridized carbons (Fsp3) is 0.200. The van der Waals surface area contributed by atoms with Gasteiger partial charge in [0.25, 0.3) is 0 Å². The molecule has 1 aliphatic rings. The largest absolute Gasteiger partial charge is 0.294 e. The van der Waals surface area contributed by atoms with E-state index in [4.69, 9.17) is 0 Å². The van der Waals surface area contributed by atoms with Gasteiger partial charge in [-0.3, -0.25) is 14.9 Å². The monoisotopic (exact) mass is 301 g/mol. The predicted molar refractivity (Wildman–Crippen MR) is 91.7 cm³/mol. The van der Waals surface area contributed by atoms with Crippen molar-refractivity contribution in [2.75, 3.05) is 6.54 Å². The van der Waals surface area contributed by atoms with E-state index >= 15 is 0 Å². The third-order valence-electron chi connectivity index (χ3n) is 4.38. The van der Waals surface area contributed by atoms with Crippen LogP contribution in [0.25, 0.3) is 11.4 Å². The number of pyridine rings is 2. The minimum absolute atomic E-state index is 0.973. The fourth-order valence-electron chi connectivity index (χ4n) is 3.25. The van der Waals surface area contributed by atoms with Crippen molar-refractivity contribution in [1.82, 2.24) is 14.9 Å². The van der Waals surface area contributed by atoms with Gasteiger partial charge in [0.2, 0.25) is 0 Å². The highest BCUT2D eigenvalue weighted by Crippen LogP contribution is 2.27. The number of aromatic nitrogens is 2. The lowest BCUT2D eigenvalue weighted by Crippen LogP contribution is -2.30. The summed E-state index contributed by atoms with van der Waals surface area (Å²) < 4.78 is 0. The summed E-state index contributed by atoms with van der Waals surface area (Å²) in [5, 5.41) is 0. The molecule has 0 atom stereocenters. The van der Waals surface area contributed by atoms with Gasteiger partial charge in [-0.1, -0.05) is 36.4 Å². The van der Waals surface area contributed by atoms with Crippen molar-refractivity contribution < 1.29 is 0 Å². The Labute approximate surface area is 136 Å². The van der Waals surface area contributed by atoms with Crippen LogP contribution >= 0.6 is 0 Å². The van der Waals surface area contributed by atoms with Gasteiger partial charge in [-0.25, -0.2) is 0 Å². The maximum Gasteiger partial charge on any atom is 0.0921 e. The second-order valence-electron chi connectivity index (χ2n) is 5.96. The van der Waals surface area contributed by atoms with Crippen molar-refractivity contribution in [1.29, 1.82) is 0 Å². The standard InChI is InChI=1S/C20H19N3/c1-2-6-16(7-3-1)14-23-13-10-18-17(15-23)9-12-22-20(18)19-8-4-5-11-21-19/h1-9,11-12H,10,13-15H2. The first-order chi connectivity index (χ1) is 11.4. The van der Waals surface area contributed by atoms with Gasteiger partial charge in [0, 0.05) is 32.0 Å². The Kier molecular flexibility index (Phi) is 3.86. The van der Waals surface area contributed by atoms with E-state index in [9.17, 15) is 0 Å². The molecule has 3 heterocycles. The zero-order valence-electron chi connectivity index (χ0n) is 13.0. The third kappa shape index (κ3) is 3.01. The molecular formula is C20H19N3. The first-order valence-corrected chi connectivity index (χ1v) is 8.04. The van der Waals surface area contributed by atoms with E-state index < -0.39 is 0 Å². The normalized spacial score (nSPS) is 14.4. The summed E-state index contributed by atoms with van der Waals surface area (Å²) in [5.41, 5.74) is 6.12. The number of nitrogens with zero attached hydrogens (tertiary/aromatic N) is 3. The Balaban J connectivity index is 1.59. The third-order valence-corrected chi connectivity index (χ3v) is 4.38. The van der Waals surface area contributed by atoms with Crippen molar-refractivity contribution in [3.8, 4) is 11.4 Å². The molecule has 3 aromatic rings. The van der Waals surface area contributed by atoms with Crippen LogP contribution in [0.15, 0.2) is 67.0 Å². The molecule has 0 spiro atoms. The molecule has 0 radical (unpaired) electrons. The Morgan fingerprint density at radius 1 is 0.870 bits per heavy atom. The zero-order chi connectivity index (χ0) is 15.5. The van der Waals surface area contributed by atoms with Gasteiger partial charge in [0.1, 0.15) is 0 Å². The van der Waals surface area contributed by atoms with Crippen LogP contribution in [0.1, 0.15) is 16.7 Å². The lowest BCUT2D eigenvalue weighted by atomic mass is 9.96. The summed E-state index contributed by atoms with van der Waals surface area (Å²) in [6.45, 7) is 3.04. The molecule has 0 fully saturated rings. The predicted octanol–water partition coefficient (Wildman–Crippen LogP) is 3.70. The molecule has 1 aromatic carbocycles. The SMILES string of the molecule is c1ccc(CN2CCc3c(ccnc3-c3ccccn3)C2)cc1. The van der Waals surface area contributed by atoms with Crippen LogP contribution in [0.2, 0.25) is 0 Å². The number of benzene rings is 1. The van der Waals surface area contributed by atoms with Crippen molar-refractivity contribution in [2.24, 2.45) is 0 Å². The summed E-state index contributed by atoms with van der Waals surface area (Å²) in [5.74, 6) is 0. The highest BCUT2D eigenvalue weighted by atomic mass is 15.1. The molecule has 0 saturated carbocycles. The Bertz CT molecular complexity index is 784. The average Bonchev–Trinajstić information content (AvgIpc) is 2.63. The molecule has 2 aromatic heterocycles. The van der Waals surface area contributed by atoms with Crippen LogP contribution in [0.4, 0.5) is 0 Å². The highest BCUT2D eigenvalue weighted by molar-refractivity contribution is 5.60. The van der Waals surface area contributed by atoms with Crippen LogP contribution < -0.4 is 0 Å². The molecule has 3 heteroatoms. The van der Waals surface area contributed by atoms with E-state index in [1.807, 2.05) is 30.6 Å². The molecule has 0 N–H and O–H groups in total. The van der Waals surface area contributed by atoms with Crippen molar-refractivity contribution in [3.63, 3.8) is 0 Å². The first-order valence-electron chi connectivity index (χ1n) is 8.04. The number of hydrogen-bond donors (Lipinski definition) is 0. The molecule has 4 rings (SSSR count). The van der Waals surface area contributed by atoms with Crippen molar-refractivity contribution in [2.45, 2.75) is 19.5 Å². The van der Waals surface area contributed by atoms with E-state index in [0.29, 0.717) is 0 Å². The summed E-state index contributed by atoms with van der Waals surface area (Å²) in [7, 11) is 0. The molecular weight excluding hydrogens is 282 g/mol. The second-order valence-corrected chi connectivity index (χ2v) is 5.96. The van der Waals surface area contributed by atoms with Crippen LogP contribution in [-0.4, -0.2) is 21.4 Å². The number of rotatable bonds is 3. The van der Waals surface area contributed by atoms with Gasteiger partial charge < -0.3 is 0 Å². The number of hydrogen-bond acceptors (Lipinski definition) is 3. The first kappa shape index (κ1) is 14.1. The summed E-state index contributed by atoms with van der Waals surface area (Å²) in [6, 6.07) is 18.8. The van der Waals surface area contributed by atoms with Crippen molar-refractivity contribution >= 4 is 0 Å². The number of fused-ring (bicyclic) bond motifs is 1. The minimum Gasteiger partial charge on any atom is -0.294 e. The lowest BCUT2D eigenvalue weighted by Gasteiger charge is -2.29. The molecule has 3 nitrogen and oxygen atoms in total. The van der Waals surface area contributed by atoms with E-state index in [1.165, 1.54) is 16.7 Å². The van der Waals surface area contributed by atoms with Gasteiger partial charge in [0.15, 0.2) is 0 Å². The molecule has 23 heavy (non-hydrogen) atoms. The molecule has 0 aliphatic carbocycles. The lowest BCUT2D eigenvalue weighted by molar-refractivity contribution is 0.245. The molecule has 0 unspecified atom stereocenters. The van der Waals surface area contributed by atoms with Crippen LogP contribution in [0.3, 0.4) is 0 Å². The van der Waals surface area contributed by atoms with Crippen LogP contribution in [0.5, 0.6) is 0 Å². The van der Waals surface area contributed by atoms with Gasteiger partial charge in [0.05, 0.1) is 11.4 Å². The van der Waals surface area contributed by atoms with E-state index in [1.54, 1.807) is 0 Å². The summed E-state index contributed by atoms with van der Waals surface area (Å²) >= 11 is 0. The fourth-order valence-corrected chi connectivity index (χ4v) is 3.25. The Hall–Kier alpha value is -2.52. The summed E-state index contributed by atoms with van der Waals surface area (Å²) in [4.78, 5) is 11.6. The Morgan fingerprint density at radius 3 is 2.57 bits per heavy atom. The molecule has 114 valence electrons. The van der Waals surface area contributed by atoms with E-state index in [2.05, 4.69) is 51.3 Å². The zero-order valence-corrected chi connectivity index (χ0v) is 13.0. The molecule has 0 amide bonds. The van der Waals surface area contributed by atoms with Crippen LogP contribution in [-0.2, 0) is 19.5 Å². The topological polar surface area (TPSA) is 29.0 Å².